The lowest BCUT2D eigenvalue weighted by atomic mass is 10.1. The minimum atomic E-state index is -0.0365. The summed E-state index contributed by atoms with van der Waals surface area (Å²) in [6.07, 6.45) is 3.28. The van der Waals surface area contributed by atoms with E-state index in [2.05, 4.69) is 29.0 Å². The Hall–Kier alpha value is -2.80. The average molecular weight is 409 g/mol. The summed E-state index contributed by atoms with van der Waals surface area (Å²) in [6, 6.07) is 11.6. The zero-order valence-electron chi connectivity index (χ0n) is 17.6. The van der Waals surface area contributed by atoms with Gasteiger partial charge in [-0.3, -0.25) is 4.79 Å². The van der Waals surface area contributed by atoms with Gasteiger partial charge in [-0.15, -0.1) is 0 Å². The third-order valence-electron chi connectivity index (χ3n) is 5.26. The van der Waals surface area contributed by atoms with Crippen LogP contribution in [0.15, 0.2) is 40.9 Å². The van der Waals surface area contributed by atoms with Crippen molar-refractivity contribution in [3.8, 4) is 0 Å². The molecule has 0 radical (unpaired) electrons. The Morgan fingerprint density at radius 3 is 2.97 bits per heavy atom. The van der Waals surface area contributed by atoms with Crippen LogP contribution in [0.2, 0.25) is 0 Å². The quantitative estimate of drug-likeness (QED) is 0.593. The second kappa shape index (κ2) is 9.34. The molecule has 7 heteroatoms. The lowest BCUT2D eigenvalue weighted by Crippen LogP contribution is -2.43. The van der Waals surface area contributed by atoms with E-state index < -0.39 is 0 Å². The monoisotopic (exact) mass is 408 g/mol. The van der Waals surface area contributed by atoms with Crippen LogP contribution in [0.5, 0.6) is 0 Å². The number of amides is 1. The van der Waals surface area contributed by atoms with Crippen LogP contribution in [-0.4, -0.2) is 51.7 Å². The van der Waals surface area contributed by atoms with Gasteiger partial charge >= 0.3 is 0 Å². The Bertz CT molecular complexity index is 1000. The molecule has 1 fully saturated rings. The molecule has 3 heterocycles. The Morgan fingerprint density at radius 1 is 1.23 bits per heavy atom. The predicted molar refractivity (Wildman–Crippen MR) is 113 cm³/mol. The molecule has 0 bridgehead atoms. The molecule has 30 heavy (non-hydrogen) atoms. The molecule has 1 atom stereocenters. The number of hydrogen-bond donors (Lipinski definition) is 0. The third-order valence-corrected chi connectivity index (χ3v) is 5.26. The molecule has 1 aliphatic rings. The first kappa shape index (κ1) is 20.5. The number of nitrogens with zero attached hydrogens (tertiary/aromatic N) is 4. The third kappa shape index (κ3) is 5.02. The largest absolute Gasteiger partial charge is 0.376 e. The molecule has 7 nitrogen and oxygen atoms in total. The molecule has 1 saturated heterocycles. The van der Waals surface area contributed by atoms with Crippen molar-refractivity contribution in [2.24, 2.45) is 5.92 Å². The molecule has 158 valence electrons. The highest BCUT2D eigenvalue weighted by Crippen LogP contribution is 2.18. The van der Waals surface area contributed by atoms with Crippen LogP contribution in [0.3, 0.4) is 0 Å². The minimum absolute atomic E-state index is 0.0187. The molecular formula is C23H28N4O3. The van der Waals surface area contributed by atoms with Crippen molar-refractivity contribution in [3.63, 3.8) is 0 Å². The van der Waals surface area contributed by atoms with Crippen LogP contribution in [0, 0.1) is 5.92 Å². The molecule has 0 N–H and O–H groups in total. The summed E-state index contributed by atoms with van der Waals surface area (Å²) in [5.41, 5.74) is 1.32. The van der Waals surface area contributed by atoms with E-state index in [-0.39, 0.29) is 12.0 Å². The van der Waals surface area contributed by atoms with E-state index in [1.165, 1.54) is 0 Å². The molecule has 3 aromatic rings. The number of fused-ring (bicyclic) bond motifs is 1. The lowest BCUT2D eigenvalue weighted by Gasteiger charge is -2.32. The number of carbonyl (C=O) groups is 1. The van der Waals surface area contributed by atoms with Gasteiger partial charge in [-0.1, -0.05) is 43.3 Å². The normalized spacial score (nSPS) is 17.0. The number of para-hydroxylation sites is 1. The number of carbonyl (C=O) groups excluding carboxylic acids is 1. The van der Waals surface area contributed by atoms with Crippen molar-refractivity contribution in [2.45, 2.75) is 45.6 Å². The number of hydrogen-bond acceptors (Lipinski definition) is 6. The molecule has 4 rings (SSSR count). The van der Waals surface area contributed by atoms with Gasteiger partial charge in [-0.25, -0.2) is 4.98 Å². The number of piperidine rings is 1. The Kier molecular flexibility index (Phi) is 6.38. The van der Waals surface area contributed by atoms with E-state index in [4.69, 9.17) is 9.26 Å². The summed E-state index contributed by atoms with van der Waals surface area (Å²) in [6.45, 7) is 6.07. The standard InChI is InChI=1S/C23H28N4O3/c1-16(2)14-22-25-21(26-30-22)11-13-29-18-7-5-12-27(15-18)23(28)20-10-9-17-6-3-4-8-19(17)24-20/h3-4,6,8-10,16,18H,5,7,11-15H2,1-2H3. The van der Waals surface area contributed by atoms with E-state index in [0.29, 0.717) is 42.9 Å². The van der Waals surface area contributed by atoms with Gasteiger partial charge in [0.15, 0.2) is 5.82 Å². The number of pyridine rings is 1. The predicted octanol–water partition coefficient (Wildman–Crippen LogP) is 3.68. The maximum absolute atomic E-state index is 13.0. The molecule has 0 saturated carbocycles. The average Bonchev–Trinajstić information content (AvgIpc) is 3.19. The highest BCUT2D eigenvalue weighted by molar-refractivity contribution is 5.95. The SMILES string of the molecule is CC(C)Cc1nc(CCOC2CCCN(C(=O)c3ccc4ccccc4n3)C2)no1. The van der Waals surface area contributed by atoms with Crippen LogP contribution in [0.4, 0.5) is 0 Å². The summed E-state index contributed by atoms with van der Waals surface area (Å²) in [7, 11) is 0. The molecule has 1 aromatic carbocycles. The van der Waals surface area contributed by atoms with Crippen molar-refractivity contribution in [1.29, 1.82) is 0 Å². The number of ether oxygens (including phenoxy) is 1. The van der Waals surface area contributed by atoms with Crippen LogP contribution in [-0.2, 0) is 17.6 Å². The van der Waals surface area contributed by atoms with Crippen molar-refractivity contribution in [1.82, 2.24) is 20.0 Å². The maximum atomic E-state index is 13.0. The minimum Gasteiger partial charge on any atom is -0.376 e. The van der Waals surface area contributed by atoms with Crippen LogP contribution >= 0.6 is 0 Å². The summed E-state index contributed by atoms with van der Waals surface area (Å²) < 4.78 is 11.3. The summed E-state index contributed by atoms with van der Waals surface area (Å²) in [5.74, 6) is 1.80. The molecule has 1 amide bonds. The number of aromatic nitrogens is 3. The fraction of sp³-hybridized carbons (Fsp3) is 0.478. The van der Waals surface area contributed by atoms with Gasteiger partial charge in [-0.05, 0) is 30.9 Å². The molecule has 0 aliphatic carbocycles. The highest BCUT2D eigenvalue weighted by atomic mass is 16.5. The Morgan fingerprint density at radius 2 is 2.10 bits per heavy atom. The fourth-order valence-corrected chi connectivity index (χ4v) is 3.75. The zero-order chi connectivity index (χ0) is 20.9. The second-order valence-corrected chi connectivity index (χ2v) is 8.23. The number of benzene rings is 1. The number of likely N-dealkylation sites (tertiary alicyclic amines) is 1. The molecule has 1 unspecified atom stereocenters. The van der Waals surface area contributed by atoms with Crippen molar-refractivity contribution >= 4 is 16.8 Å². The smallest absolute Gasteiger partial charge is 0.272 e. The van der Waals surface area contributed by atoms with Gasteiger partial charge in [0.2, 0.25) is 5.89 Å². The summed E-state index contributed by atoms with van der Waals surface area (Å²) in [5, 5.41) is 5.05. The van der Waals surface area contributed by atoms with Crippen molar-refractivity contribution < 1.29 is 14.1 Å². The molecule has 2 aromatic heterocycles. The Labute approximate surface area is 176 Å². The van der Waals surface area contributed by atoms with E-state index in [0.717, 1.165) is 36.7 Å². The van der Waals surface area contributed by atoms with Gasteiger partial charge in [0.05, 0.1) is 18.2 Å². The van der Waals surface area contributed by atoms with E-state index in [9.17, 15) is 4.79 Å². The van der Waals surface area contributed by atoms with E-state index in [1.807, 2.05) is 35.2 Å². The van der Waals surface area contributed by atoms with Crippen LogP contribution in [0.25, 0.3) is 10.9 Å². The molecule has 1 aliphatic heterocycles. The first-order valence-electron chi connectivity index (χ1n) is 10.7. The first-order valence-corrected chi connectivity index (χ1v) is 10.7. The molecule has 0 spiro atoms. The van der Waals surface area contributed by atoms with Gasteiger partial charge in [-0.2, -0.15) is 4.98 Å². The van der Waals surface area contributed by atoms with Crippen LogP contribution in [0.1, 0.15) is 48.9 Å². The van der Waals surface area contributed by atoms with Crippen molar-refractivity contribution in [3.05, 3.63) is 53.8 Å². The topological polar surface area (TPSA) is 81.4 Å². The van der Waals surface area contributed by atoms with Gasteiger partial charge in [0.25, 0.3) is 5.91 Å². The van der Waals surface area contributed by atoms with Crippen molar-refractivity contribution in [2.75, 3.05) is 19.7 Å². The zero-order valence-corrected chi connectivity index (χ0v) is 17.6. The maximum Gasteiger partial charge on any atom is 0.272 e. The summed E-state index contributed by atoms with van der Waals surface area (Å²) >= 11 is 0. The van der Waals surface area contributed by atoms with E-state index in [1.54, 1.807) is 6.07 Å². The van der Waals surface area contributed by atoms with Gasteiger partial charge in [0, 0.05) is 31.3 Å². The fourth-order valence-electron chi connectivity index (χ4n) is 3.75. The second-order valence-electron chi connectivity index (χ2n) is 8.23. The van der Waals surface area contributed by atoms with Gasteiger partial charge in [0.1, 0.15) is 5.69 Å². The van der Waals surface area contributed by atoms with Gasteiger partial charge < -0.3 is 14.2 Å². The first-order chi connectivity index (χ1) is 14.6. The number of rotatable bonds is 7. The molecular weight excluding hydrogens is 380 g/mol. The highest BCUT2D eigenvalue weighted by Gasteiger charge is 2.26. The van der Waals surface area contributed by atoms with Crippen LogP contribution < -0.4 is 0 Å². The Balaban J connectivity index is 1.30. The van der Waals surface area contributed by atoms with E-state index >= 15 is 0 Å². The lowest BCUT2D eigenvalue weighted by molar-refractivity contribution is 0.00233. The summed E-state index contributed by atoms with van der Waals surface area (Å²) in [4.78, 5) is 23.7.